The van der Waals surface area contributed by atoms with Gasteiger partial charge in [-0.1, -0.05) is 6.92 Å². The van der Waals surface area contributed by atoms with Gasteiger partial charge in [-0.25, -0.2) is 13.1 Å². The summed E-state index contributed by atoms with van der Waals surface area (Å²) < 4.78 is 37.7. The fourth-order valence-electron chi connectivity index (χ4n) is 2.44. The van der Waals surface area contributed by atoms with Crippen LogP contribution in [0.15, 0.2) is 47.4 Å². The molecule has 0 bridgehead atoms. The van der Waals surface area contributed by atoms with Crippen molar-refractivity contribution in [2.24, 2.45) is 0 Å². The number of rotatable bonds is 9. The van der Waals surface area contributed by atoms with Gasteiger partial charge in [-0.2, -0.15) is 0 Å². The van der Waals surface area contributed by atoms with Gasteiger partial charge in [-0.3, -0.25) is 4.79 Å². The average molecular weight is 407 g/mol. The lowest BCUT2D eigenvalue weighted by Crippen LogP contribution is -2.30. The zero-order valence-corrected chi connectivity index (χ0v) is 17.3. The minimum Gasteiger partial charge on any atom is -0.493 e. The maximum Gasteiger partial charge on any atom is 0.255 e. The van der Waals surface area contributed by atoms with Crippen molar-refractivity contribution in [3.63, 3.8) is 0 Å². The smallest absolute Gasteiger partial charge is 0.255 e. The van der Waals surface area contributed by atoms with Crippen molar-refractivity contribution >= 4 is 21.6 Å². The van der Waals surface area contributed by atoms with E-state index >= 15 is 0 Å². The van der Waals surface area contributed by atoms with Crippen LogP contribution in [0.3, 0.4) is 0 Å². The highest BCUT2D eigenvalue weighted by Gasteiger charge is 2.16. The predicted molar refractivity (Wildman–Crippen MR) is 109 cm³/mol. The molecule has 0 heterocycles. The minimum absolute atomic E-state index is 0.137. The van der Waals surface area contributed by atoms with Crippen LogP contribution in [0.4, 0.5) is 5.69 Å². The molecule has 2 aromatic carbocycles. The molecule has 0 aromatic heterocycles. The molecule has 1 amide bonds. The highest BCUT2D eigenvalue weighted by Crippen LogP contribution is 2.28. The summed E-state index contributed by atoms with van der Waals surface area (Å²) in [5.74, 6) is 0.715. The van der Waals surface area contributed by atoms with Crippen molar-refractivity contribution in [2.75, 3.05) is 19.0 Å². The summed E-state index contributed by atoms with van der Waals surface area (Å²) in [4.78, 5) is 12.6. The Morgan fingerprint density at radius 1 is 1.07 bits per heavy atom. The van der Waals surface area contributed by atoms with Crippen LogP contribution >= 0.6 is 0 Å². The van der Waals surface area contributed by atoms with Gasteiger partial charge in [0, 0.05) is 17.3 Å². The molecule has 7 nitrogen and oxygen atoms in total. The quantitative estimate of drug-likeness (QED) is 0.665. The van der Waals surface area contributed by atoms with Crippen molar-refractivity contribution < 1.29 is 22.7 Å². The average Bonchev–Trinajstić information content (AvgIpc) is 2.65. The summed E-state index contributed by atoms with van der Waals surface area (Å²) in [5, 5.41) is 2.74. The fourth-order valence-corrected chi connectivity index (χ4v) is 3.69. The third-order valence-corrected chi connectivity index (χ3v) is 5.38. The maximum absolute atomic E-state index is 12.5. The van der Waals surface area contributed by atoms with E-state index in [1.54, 1.807) is 44.2 Å². The number of carbonyl (C=O) groups excluding carboxylic acids is 1. The Balaban J connectivity index is 2.12. The Hall–Kier alpha value is -2.58. The molecule has 152 valence electrons. The molecule has 0 saturated heterocycles. The van der Waals surface area contributed by atoms with Gasteiger partial charge < -0.3 is 14.8 Å². The first kappa shape index (κ1) is 21.7. The van der Waals surface area contributed by atoms with Crippen LogP contribution in [0.1, 0.15) is 37.6 Å². The molecule has 0 aliphatic rings. The van der Waals surface area contributed by atoms with Crippen molar-refractivity contribution in [3.8, 4) is 11.5 Å². The van der Waals surface area contributed by atoms with E-state index in [0.717, 1.165) is 6.42 Å². The fraction of sp³-hybridized carbons (Fsp3) is 0.350. The van der Waals surface area contributed by atoms with Crippen molar-refractivity contribution in [2.45, 2.75) is 38.1 Å². The zero-order valence-electron chi connectivity index (χ0n) is 16.5. The predicted octanol–water partition coefficient (Wildman–Crippen LogP) is 3.42. The molecule has 0 atom stereocenters. The van der Waals surface area contributed by atoms with Gasteiger partial charge in [-0.15, -0.1) is 0 Å². The van der Waals surface area contributed by atoms with Crippen LogP contribution in [-0.2, 0) is 10.0 Å². The molecule has 0 aliphatic carbocycles. The highest BCUT2D eigenvalue weighted by atomic mass is 32.2. The molecule has 8 heteroatoms. The van der Waals surface area contributed by atoms with E-state index < -0.39 is 10.0 Å². The van der Waals surface area contributed by atoms with Crippen LogP contribution in [0, 0.1) is 0 Å². The Morgan fingerprint density at radius 3 is 2.32 bits per heavy atom. The van der Waals surface area contributed by atoms with Crippen LogP contribution in [-0.4, -0.2) is 34.1 Å². The van der Waals surface area contributed by atoms with Gasteiger partial charge in [0.2, 0.25) is 10.0 Å². The second-order valence-electron chi connectivity index (χ2n) is 6.47. The number of ether oxygens (including phenoxy) is 2. The van der Waals surface area contributed by atoms with E-state index in [-0.39, 0.29) is 16.8 Å². The third kappa shape index (κ3) is 5.71. The van der Waals surface area contributed by atoms with Gasteiger partial charge in [-0.05, 0) is 62.7 Å². The first-order valence-electron chi connectivity index (χ1n) is 9.01. The van der Waals surface area contributed by atoms with Gasteiger partial charge in [0.25, 0.3) is 5.91 Å². The summed E-state index contributed by atoms with van der Waals surface area (Å²) in [6, 6.07) is 10.7. The largest absolute Gasteiger partial charge is 0.493 e. The summed E-state index contributed by atoms with van der Waals surface area (Å²) >= 11 is 0. The first-order chi connectivity index (χ1) is 13.3. The lowest BCUT2D eigenvalue weighted by atomic mass is 10.2. The third-order valence-electron chi connectivity index (χ3n) is 3.70. The first-order valence-corrected chi connectivity index (χ1v) is 10.5. The zero-order chi connectivity index (χ0) is 20.7. The molecule has 0 radical (unpaired) electrons. The molecule has 0 unspecified atom stereocenters. The molecular weight excluding hydrogens is 380 g/mol. The molecule has 28 heavy (non-hydrogen) atoms. The van der Waals surface area contributed by atoms with Crippen molar-refractivity contribution in [1.82, 2.24) is 4.72 Å². The van der Waals surface area contributed by atoms with Crippen LogP contribution in [0.25, 0.3) is 0 Å². The van der Waals surface area contributed by atoms with Gasteiger partial charge in [0.15, 0.2) is 11.5 Å². The number of anilines is 1. The molecular formula is C20H26N2O5S. The number of amides is 1. The van der Waals surface area contributed by atoms with E-state index in [2.05, 4.69) is 10.0 Å². The number of hydrogen-bond acceptors (Lipinski definition) is 5. The Kier molecular flexibility index (Phi) is 7.42. The minimum atomic E-state index is -3.57. The van der Waals surface area contributed by atoms with Crippen LogP contribution in [0.5, 0.6) is 11.5 Å². The van der Waals surface area contributed by atoms with Gasteiger partial charge in [0.1, 0.15) is 0 Å². The van der Waals surface area contributed by atoms with Gasteiger partial charge >= 0.3 is 0 Å². The summed E-state index contributed by atoms with van der Waals surface area (Å²) in [6.45, 7) is 6.06. The second kappa shape index (κ2) is 9.57. The summed E-state index contributed by atoms with van der Waals surface area (Å²) in [6.07, 6.45) is 0.865. The van der Waals surface area contributed by atoms with E-state index in [0.29, 0.717) is 29.4 Å². The normalized spacial score (nSPS) is 11.3. The lowest BCUT2D eigenvalue weighted by Gasteiger charge is -2.12. The van der Waals surface area contributed by atoms with E-state index in [9.17, 15) is 13.2 Å². The topological polar surface area (TPSA) is 93.7 Å². The number of sulfonamides is 1. The second-order valence-corrected chi connectivity index (χ2v) is 8.18. The molecule has 0 aliphatic heterocycles. The van der Waals surface area contributed by atoms with Crippen molar-refractivity contribution in [1.29, 1.82) is 0 Å². The number of carbonyl (C=O) groups is 1. The van der Waals surface area contributed by atoms with E-state index in [4.69, 9.17) is 9.47 Å². The van der Waals surface area contributed by atoms with Crippen molar-refractivity contribution in [3.05, 3.63) is 48.0 Å². The molecule has 0 saturated carbocycles. The van der Waals surface area contributed by atoms with Gasteiger partial charge in [0.05, 0.1) is 18.6 Å². The Morgan fingerprint density at radius 2 is 1.75 bits per heavy atom. The maximum atomic E-state index is 12.5. The SMILES string of the molecule is CCCOc1ccc(C(=O)Nc2ccc(S(=O)(=O)NC(C)C)cc2)cc1OC. The Labute approximate surface area is 166 Å². The monoisotopic (exact) mass is 406 g/mol. The molecule has 2 aromatic rings. The lowest BCUT2D eigenvalue weighted by molar-refractivity contribution is 0.102. The number of benzene rings is 2. The van der Waals surface area contributed by atoms with E-state index in [1.165, 1.54) is 19.2 Å². The van der Waals surface area contributed by atoms with E-state index in [1.807, 2.05) is 6.92 Å². The Bertz CT molecular complexity index is 909. The standard InChI is InChI=1S/C20H26N2O5S/c1-5-12-27-18-11-6-15(13-19(18)26-4)20(23)21-16-7-9-17(10-8-16)28(24,25)22-14(2)3/h6-11,13-14,22H,5,12H2,1-4H3,(H,21,23). The number of methoxy groups -OCH3 is 1. The molecule has 2 rings (SSSR count). The molecule has 0 fully saturated rings. The number of nitrogens with one attached hydrogen (secondary N) is 2. The molecule has 0 spiro atoms. The summed E-state index contributed by atoms with van der Waals surface area (Å²) in [7, 11) is -2.06. The number of hydrogen-bond donors (Lipinski definition) is 2. The highest BCUT2D eigenvalue weighted by molar-refractivity contribution is 7.89. The van der Waals surface area contributed by atoms with Crippen LogP contribution in [0.2, 0.25) is 0 Å². The molecule has 2 N–H and O–H groups in total. The summed E-state index contributed by atoms with van der Waals surface area (Å²) in [5.41, 5.74) is 0.887. The van der Waals surface area contributed by atoms with Crippen LogP contribution < -0.4 is 19.5 Å².